The summed E-state index contributed by atoms with van der Waals surface area (Å²) in [5.41, 5.74) is -0.0689. The number of carbonyl (C=O) groups is 1. The highest BCUT2D eigenvalue weighted by atomic mass is 16.6. The van der Waals surface area contributed by atoms with Gasteiger partial charge in [-0.25, -0.2) is 4.79 Å². The predicted octanol–water partition coefficient (Wildman–Crippen LogP) is 0.260. The van der Waals surface area contributed by atoms with E-state index in [-0.39, 0.29) is 24.0 Å². The number of aliphatic hydroxyl groups excluding tert-OH is 1. The Morgan fingerprint density at radius 3 is 2.45 bits per heavy atom. The summed E-state index contributed by atoms with van der Waals surface area (Å²) in [4.78, 5) is 19.9. The number of rotatable bonds is 3. The van der Waals surface area contributed by atoms with Crippen LogP contribution in [-0.4, -0.2) is 53.5 Å². The lowest BCUT2D eigenvalue weighted by molar-refractivity contribution is -0.384. The normalized spacial score (nSPS) is 17.8. The zero-order chi connectivity index (χ0) is 15.0. The molecule has 2 rings (SSSR count). The number of carboxylic acids is 1. The molecule has 0 unspecified atom stereocenters. The lowest BCUT2D eigenvalue weighted by Crippen LogP contribution is -2.40. The molecule has 0 aromatic heterocycles. The second-order valence-corrected chi connectivity index (χ2v) is 3.99. The van der Waals surface area contributed by atoms with E-state index in [1.165, 1.54) is 12.1 Å². The van der Waals surface area contributed by atoms with Crippen LogP contribution in [0, 0.1) is 10.1 Å². The molecule has 1 aromatic carbocycles. The summed E-state index contributed by atoms with van der Waals surface area (Å²) >= 11 is 0. The first-order valence-electron chi connectivity index (χ1n) is 5.95. The highest BCUT2D eigenvalue weighted by molar-refractivity contribution is 5.87. The third kappa shape index (κ3) is 5.31. The molecule has 0 radical (unpaired) electrons. The smallest absolute Gasteiger partial charge is 0.335 e. The predicted molar refractivity (Wildman–Crippen MR) is 69.8 cm³/mol. The molecule has 1 heterocycles. The Morgan fingerprint density at radius 2 is 2.10 bits per heavy atom. The van der Waals surface area contributed by atoms with Crippen molar-refractivity contribution in [2.24, 2.45) is 0 Å². The van der Waals surface area contributed by atoms with Crippen LogP contribution in [-0.2, 0) is 4.74 Å². The Hall–Kier alpha value is -2.03. The van der Waals surface area contributed by atoms with Crippen molar-refractivity contribution >= 4 is 11.7 Å². The van der Waals surface area contributed by atoms with Crippen molar-refractivity contribution in [3.05, 3.63) is 39.9 Å². The Balaban J connectivity index is 0.000000217. The van der Waals surface area contributed by atoms with Crippen LogP contribution >= 0.6 is 0 Å². The van der Waals surface area contributed by atoms with Crippen LogP contribution in [0.1, 0.15) is 10.4 Å². The molecule has 110 valence electrons. The van der Waals surface area contributed by atoms with Gasteiger partial charge in [-0.15, -0.1) is 0 Å². The van der Waals surface area contributed by atoms with Crippen molar-refractivity contribution in [1.29, 1.82) is 0 Å². The van der Waals surface area contributed by atoms with Crippen LogP contribution in [0.4, 0.5) is 5.69 Å². The SMILES string of the molecule is O=C(O)c1ccc([N+](=O)[O-])cc1.OC[C@H]1CNCCO1. The molecule has 0 saturated carbocycles. The summed E-state index contributed by atoms with van der Waals surface area (Å²) < 4.78 is 5.11. The summed E-state index contributed by atoms with van der Waals surface area (Å²) in [6, 6.07) is 4.70. The van der Waals surface area contributed by atoms with Gasteiger partial charge in [0.1, 0.15) is 0 Å². The second-order valence-electron chi connectivity index (χ2n) is 3.99. The molecular weight excluding hydrogens is 268 g/mol. The number of hydrogen-bond donors (Lipinski definition) is 3. The third-order valence-electron chi connectivity index (χ3n) is 2.53. The maximum Gasteiger partial charge on any atom is 0.335 e. The molecule has 8 nitrogen and oxygen atoms in total. The monoisotopic (exact) mass is 284 g/mol. The number of nitrogens with zero attached hydrogens (tertiary/aromatic N) is 1. The van der Waals surface area contributed by atoms with Crippen LogP contribution in [0.3, 0.4) is 0 Å². The fourth-order valence-electron chi connectivity index (χ4n) is 1.46. The number of morpholine rings is 1. The van der Waals surface area contributed by atoms with Crippen LogP contribution < -0.4 is 5.32 Å². The van der Waals surface area contributed by atoms with Crippen molar-refractivity contribution in [3.63, 3.8) is 0 Å². The quantitative estimate of drug-likeness (QED) is 0.537. The number of carboxylic acid groups (broad SMARTS) is 1. The number of aromatic carboxylic acids is 1. The Morgan fingerprint density at radius 1 is 1.45 bits per heavy atom. The molecule has 0 bridgehead atoms. The van der Waals surface area contributed by atoms with Crippen molar-refractivity contribution < 1.29 is 24.7 Å². The molecule has 3 N–H and O–H groups in total. The van der Waals surface area contributed by atoms with Gasteiger partial charge in [0.25, 0.3) is 5.69 Å². The topological polar surface area (TPSA) is 122 Å². The number of nitro groups is 1. The standard InChI is InChI=1S/C7H5NO4.C5H11NO2/c9-7(10)5-1-3-6(4-2-5)8(11)12;7-4-5-3-6-1-2-8-5/h1-4H,(H,9,10);5-7H,1-4H2/t;5-/m.1/s1. The zero-order valence-corrected chi connectivity index (χ0v) is 10.7. The van der Waals surface area contributed by atoms with Gasteiger partial charge in [-0.05, 0) is 12.1 Å². The van der Waals surface area contributed by atoms with E-state index >= 15 is 0 Å². The summed E-state index contributed by atoms with van der Waals surface area (Å²) in [6.07, 6.45) is 0.0312. The fraction of sp³-hybridized carbons (Fsp3) is 0.417. The highest BCUT2D eigenvalue weighted by Crippen LogP contribution is 2.11. The van der Waals surface area contributed by atoms with Gasteiger partial charge < -0.3 is 20.3 Å². The fourth-order valence-corrected chi connectivity index (χ4v) is 1.46. The summed E-state index contributed by atoms with van der Waals surface area (Å²) in [6.45, 7) is 2.56. The molecule has 1 saturated heterocycles. The number of non-ortho nitro benzene ring substituents is 1. The first-order chi connectivity index (χ1) is 9.54. The van der Waals surface area contributed by atoms with Crippen LogP contribution in [0.5, 0.6) is 0 Å². The van der Waals surface area contributed by atoms with Gasteiger partial charge in [-0.2, -0.15) is 0 Å². The molecule has 20 heavy (non-hydrogen) atoms. The van der Waals surface area contributed by atoms with Crippen LogP contribution in [0.25, 0.3) is 0 Å². The van der Waals surface area contributed by atoms with E-state index < -0.39 is 10.9 Å². The molecule has 1 fully saturated rings. The van der Waals surface area contributed by atoms with E-state index in [1.807, 2.05) is 0 Å². The first-order valence-corrected chi connectivity index (χ1v) is 5.95. The molecule has 0 amide bonds. The minimum atomic E-state index is -1.09. The van der Waals surface area contributed by atoms with Gasteiger partial charge in [0, 0.05) is 25.2 Å². The largest absolute Gasteiger partial charge is 0.478 e. The van der Waals surface area contributed by atoms with Gasteiger partial charge in [-0.3, -0.25) is 10.1 Å². The summed E-state index contributed by atoms with van der Waals surface area (Å²) in [5, 5.41) is 30.2. The number of aliphatic hydroxyl groups is 1. The van der Waals surface area contributed by atoms with E-state index in [2.05, 4.69) is 5.32 Å². The van der Waals surface area contributed by atoms with Gasteiger partial charge in [0.05, 0.1) is 29.8 Å². The van der Waals surface area contributed by atoms with Gasteiger partial charge in [0.2, 0.25) is 0 Å². The van der Waals surface area contributed by atoms with Crippen molar-refractivity contribution in [2.45, 2.75) is 6.10 Å². The number of benzene rings is 1. The van der Waals surface area contributed by atoms with Crippen molar-refractivity contribution in [3.8, 4) is 0 Å². The van der Waals surface area contributed by atoms with E-state index in [0.717, 1.165) is 31.8 Å². The minimum absolute atomic E-state index is 0.0312. The average molecular weight is 284 g/mol. The average Bonchev–Trinajstić information content (AvgIpc) is 2.48. The van der Waals surface area contributed by atoms with Crippen molar-refractivity contribution in [2.75, 3.05) is 26.3 Å². The Labute approximate surface area is 115 Å². The molecule has 1 aliphatic rings. The lowest BCUT2D eigenvalue weighted by Gasteiger charge is -2.21. The van der Waals surface area contributed by atoms with Crippen LogP contribution in [0.15, 0.2) is 24.3 Å². The molecule has 0 spiro atoms. The van der Waals surface area contributed by atoms with Crippen LogP contribution in [0.2, 0.25) is 0 Å². The maximum atomic E-state index is 10.3. The van der Waals surface area contributed by atoms with E-state index in [4.69, 9.17) is 14.9 Å². The van der Waals surface area contributed by atoms with Gasteiger partial charge >= 0.3 is 5.97 Å². The highest BCUT2D eigenvalue weighted by Gasteiger charge is 2.10. The molecular formula is C12H16N2O6. The number of nitrogens with one attached hydrogen (secondary N) is 1. The maximum absolute atomic E-state index is 10.3. The van der Waals surface area contributed by atoms with E-state index in [9.17, 15) is 14.9 Å². The lowest BCUT2D eigenvalue weighted by atomic mass is 10.2. The van der Waals surface area contributed by atoms with Crippen molar-refractivity contribution in [1.82, 2.24) is 5.32 Å². The first kappa shape index (κ1) is 16.0. The molecule has 8 heteroatoms. The van der Waals surface area contributed by atoms with Gasteiger partial charge in [-0.1, -0.05) is 0 Å². The second kappa shape index (κ2) is 8.20. The molecule has 1 atom stereocenters. The number of ether oxygens (including phenoxy) is 1. The number of hydrogen-bond acceptors (Lipinski definition) is 6. The summed E-state index contributed by atoms with van der Waals surface area (Å²) in [5.74, 6) is -1.09. The van der Waals surface area contributed by atoms with E-state index in [1.54, 1.807) is 0 Å². The molecule has 1 aromatic rings. The Bertz CT molecular complexity index is 409. The molecule has 1 aliphatic heterocycles. The summed E-state index contributed by atoms with van der Waals surface area (Å²) in [7, 11) is 0. The zero-order valence-electron chi connectivity index (χ0n) is 10.7. The molecule has 0 aliphatic carbocycles. The van der Waals surface area contributed by atoms with Gasteiger partial charge in [0.15, 0.2) is 0 Å². The minimum Gasteiger partial charge on any atom is -0.478 e. The number of nitro benzene ring substituents is 1. The van der Waals surface area contributed by atoms with E-state index in [0.29, 0.717) is 0 Å². The third-order valence-corrected chi connectivity index (χ3v) is 2.53. The Kier molecular flexibility index (Phi) is 6.57.